The number of rotatable bonds is 8. The summed E-state index contributed by atoms with van der Waals surface area (Å²) in [5.41, 5.74) is 3.03. The zero-order valence-corrected chi connectivity index (χ0v) is 19.5. The Labute approximate surface area is 202 Å². The molecule has 0 unspecified atom stereocenters. The van der Waals surface area contributed by atoms with Crippen molar-refractivity contribution >= 4 is 21.9 Å². The van der Waals surface area contributed by atoms with E-state index in [1.54, 1.807) is 0 Å². The summed E-state index contributed by atoms with van der Waals surface area (Å²) < 4.78 is 0. The number of alkyl halides is 1. The zero-order valence-electron chi connectivity index (χ0n) is 17.9. The minimum atomic E-state index is -1.46. The minimum absolute atomic E-state index is 0.453. The molecule has 0 fully saturated rings. The molecule has 0 aliphatic heterocycles. The summed E-state index contributed by atoms with van der Waals surface area (Å²) in [7, 11) is 0. The van der Waals surface area contributed by atoms with Gasteiger partial charge in [0.15, 0.2) is 5.60 Å². The standard InChI is InChI=1S/C28H24BrNO3/c29-25(21-13-5-1-6-14-21)27(31)33-30-26(22-15-7-2-8-16-22)28(32,23-17-9-3-10-18-23)24-19-11-4-12-20-24/h1-20,25-26,30,32H/q+1/p+1/t25-,26-/m1/s1. The van der Waals surface area contributed by atoms with Crippen molar-refractivity contribution in [1.82, 2.24) is 0 Å². The number of benzene rings is 4. The fourth-order valence-electron chi connectivity index (χ4n) is 3.94. The smallest absolute Gasteiger partial charge is 0.374 e. The lowest BCUT2D eigenvalue weighted by Gasteiger charge is -2.33. The molecule has 0 heterocycles. The van der Waals surface area contributed by atoms with E-state index < -0.39 is 22.4 Å². The molecule has 33 heavy (non-hydrogen) atoms. The van der Waals surface area contributed by atoms with Crippen LogP contribution in [0.15, 0.2) is 121 Å². The number of nitrogens with two attached hydrogens (primary N) is 1. The molecule has 165 valence electrons. The number of hydroxylamine groups is 1. The molecule has 0 aromatic heterocycles. The van der Waals surface area contributed by atoms with Crippen molar-refractivity contribution in [3.8, 4) is 0 Å². The Balaban J connectivity index is 1.72. The van der Waals surface area contributed by atoms with Gasteiger partial charge in [-0.1, -0.05) is 148 Å². The summed E-state index contributed by atoms with van der Waals surface area (Å²) in [6.07, 6.45) is 0. The van der Waals surface area contributed by atoms with E-state index in [0.29, 0.717) is 11.1 Å². The average Bonchev–Trinajstić information content (AvgIpc) is 2.90. The van der Waals surface area contributed by atoms with E-state index in [2.05, 4.69) is 15.9 Å². The first-order valence-corrected chi connectivity index (χ1v) is 11.6. The summed E-state index contributed by atoms with van der Waals surface area (Å²) in [5, 5.41) is 12.3. The molecule has 0 aliphatic carbocycles. The van der Waals surface area contributed by atoms with E-state index in [4.69, 9.17) is 4.84 Å². The van der Waals surface area contributed by atoms with Crippen LogP contribution in [0.3, 0.4) is 0 Å². The number of hydrogen-bond acceptors (Lipinski definition) is 3. The van der Waals surface area contributed by atoms with Crippen LogP contribution in [0.5, 0.6) is 0 Å². The van der Waals surface area contributed by atoms with Gasteiger partial charge in [-0.3, -0.25) is 0 Å². The van der Waals surface area contributed by atoms with Crippen molar-refractivity contribution in [1.29, 1.82) is 0 Å². The van der Waals surface area contributed by atoms with Crippen LogP contribution in [0.25, 0.3) is 0 Å². The van der Waals surface area contributed by atoms with Crippen LogP contribution >= 0.6 is 15.9 Å². The molecule has 0 aliphatic rings. The van der Waals surface area contributed by atoms with E-state index >= 15 is 0 Å². The number of quaternary nitrogens is 1. The van der Waals surface area contributed by atoms with Gasteiger partial charge in [0.05, 0.1) is 4.79 Å². The molecule has 4 aromatic rings. The molecule has 0 bridgehead atoms. The molecule has 5 heteroatoms. The highest BCUT2D eigenvalue weighted by Gasteiger charge is 2.48. The highest BCUT2D eigenvalue weighted by molar-refractivity contribution is 9.09. The maximum Gasteiger partial charge on any atom is 0.656 e. The Morgan fingerprint density at radius 1 is 0.697 bits per heavy atom. The van der Waals surface area contributed by atoms with Gasteiger partial charge in [-0.25, -0.2) is 0 Å². The Hall–Kier alpha value is -3.25. The normalized spacial score (nSPS) is 13.2. The lowest BCUT2D eigenvalue weighted by Crippen LogP contribution is -2.88. The summed E-state index contributed by atoms with van der Waals surface area (Å²) in [6, 6.07) is 37.2. The van der Waals surface area contributed by atoms with Crippen molar-refractivity contribution in [2.75, 3.05) is 0 Å². The van der Waals surface area contributed by atoms with Crippen molar-refractivity contribution in [2.45, 2.75) is 16.5 Å². The van der Waals surface area contributed by atoms with E-state index in [9.17, 15) is 9.90 Å². The maximum atomic E-state index is 12.9. The van der Waals surface area contributed by atoms with Crippen LogP contribution in [-0.4, -0.2) is 11.1 Å². The van der Waals surface area contributed by atoms with Crippen molar-refractivity contribution < 1.29 is 20.2 Å². The third kappa shape index (κ3) is 5.06. The first-order chi connectivity index (χ1) is 16.1. The lowest BCUT2D eigenvalue weighted by atomic mass is 9.77. The van der Waals surface area contributed by atoms with Crippen molar-refractivity contribution in [3.05, 3.63) is 144 Å². The number of hydrogen-bond donors (Lipinski definition) is 2. The van der Waals surface area contributed by atoms with Crippen LogP contribution in [0.1, 0.15) is 33.1 Å². The Morgan fingerprint density at radius 2 is 1.09 bits per heavy atom. The Bertz CT molecular complexity index is 1120. The van der Waals surface area contributed by atoms with Crippen LogP contribution in [0, 0.1) is 0 Å². The van der Waals surface area contributed by atoms with E-state index in [1.807, 2.05) is 121 Å². The van der Waals surface area contributed by atoms with Gasteiger partial charge in [-0.15, -0.1) is 0 Å². The van der Waals surface area contributed by atoms with Crippen LogP contribution < -0.4 is 5.48 Å². The average molecular weight is 503 g/mol. The molecule has 4 rings (SSSR count). The van der Waals surface area contributed by atoms with Crippen LogP contribution in [-0.2, 0) is 15.2 Å². The fourth-order valence-corrected chi connectivity index (χ4v) is 4.35. The van der Waals surface area contributed by atoms with Gasteiger partial charge >= 0.3 is 5.97 Å². The van der Waals surface area contributed by atoms with Gasteiger partial charge in [0.25, 0.3) is 0 Å². The predicted molar refractivity (Wildman–Crippen MR) is 131 cm³/mol. The molecule has 2 atom stereocenters. The number of aliphatic hydroxyl groups is 1. The Kier molecular flexibility index (Phi) is 7.35. The van der Waals surface area contributed by atoms with Gasteiger partial charge in [0, 0.05) is 5.56 Å². The molecule has 0 saturated heterocycles. The zero-order chi connectivity index (χ0) is 23.1. The topological polar surface area (TPSA) is 66.0 Å². The number of halogens is 1. The quantitative estimate of drug-likeness (QED) is 0.206. The lowest BCUT2D eigenvalue weighted by molar-refractivity contribution is -0.909. The summed E-state index contributed by atoms with van der Waals surface area (Å²) in [4.78, 5) is 18.0. The summed E-state index contributed by atoms with van der Waals surface area (Å²) in [6.45, 7) is 0. The van der Waals surface area contributed by atoms with Gasteiger partial charge < -0.3 is 5.11 Å². The molecule has 0 amide bonds. The van der Waals surface area contributed by atoms with Crippen molar-refractivity contribution in [2.24, 2.45) is 0 Å². The van der Waals surface area contributed by atoms with Crippen LogP contribution in [0.2, 0.25) is 0 Å². The molecule has 0 saturated carbocycles. The van der Waals surface area contributed by atoms with Gasteiger partial charge in [-0.2, -0.15) is 0 Å². The predicted octanol–water partition coefficient (Wildman–Crippen LogP) is 4.82. The molecule has 4 nitrogen and oxygen atoms in total. The van der Waals surface area contributed by atoms with Gasteiger partial charge in [0.1, 0.15) is 0 Å². The third-order valence-corrected chi connectivity index (χ3v) is 6.56. The Morgan fingerprint density at radius 3 is 1.55 bits per heavy atom. The van der Waals surface area contributed by atoms with Gasteiger partial charge in [0.2, 0.25) is 10.9 Å². The molecular formula is C28H25BrNO3+2. The largest absolute Gasteiger partial charge is 0.656 e. The monoisotopic (exact) mass is 502 g/mol. The summed E-state index contributed by atoms with van der Waals surface area (Å²) in [5.74, 6) is -0.453. The van der Waals surface area contributed by atoms with E-state index in [1.165, 1.54) is 5.48 Å². The second-order valence-electron chi connectivity index (χ2n) is 7.73. The molecule has 1 radical (unpaired) electrons. The van der Waals surface area contributed by atoms with E-state index in [-0.39, 0.29) is 0 Å². The fraction of sp³-hybridized carbons (Fsp3) is 0.107. The van der Waals surface area contributed by atoms with Crippen LogP contribution in [0.4, 0.5) is 0 Å². The maximum absolute atomic E-state index is 12.9. The second-order valence-corrected chi connectivity index (χ2v) is 8.65. The SMILES string of the molecule is [O+]=C(O[NH2+][C@H](c1ccccc1)C(O)(c1ccccc1)c1ccccc1)[C@H](Br)c1ccccc1. The number of carbonyl (C=O) groups excluding carboxylic acids is 1. The molecule has 4 aromatic carbocycles. The highest BCUT2D eigenvalue weighted by Crippen LogP contribution is 2.39. The van der Waals surface area contributed by atoms with E-state index in [0.717, 1.165) is 11.1 Å². The minimum Gasteiger partial charge on any atom is -0.374 e. The van der Waals surface area contributed by atoms with Crippen molar-refractivity contribution in [3.63, 3.8) is 0 Å². The molecule has 3 N–H and O–H groups in total. The summed E-state index contributed by atoms with van der Waals surface area (Å²) >= 11 is 3.44. The first-order valence-electron chi connectivity index (χ1n) is 10.7. The second kappa shape index (κ2) is 10.6. The number of carbonyl (C=O) groups is 1. The third-order valence-electron chi connectivity index (χ3n) is 5.66. The molecular weight excluding hydrogens is 478 g/mol. The molecule has 0 spiro atoms. The first kappa shape index (κ1) is 22.9. The van der Waals surface area contributed by atoms with Gasteiger partial charge in [-0.05, 0) is 16.7 Å². The highest BCUT2D eigenvalue weighted by atomic mass is 79.9.